The lowest BCUT2D eigenvalue weighted by Crippen LogP contribution is -2.35. The molecule has 19 heavy (non-hydrogen) atoms. The molecule has 1 aromatic carbocycles. The Morgan fingerprint density at radius 2 is 1.79 bits per heavy atom. The first-order valence-electron chi connectivity index (χ1n) is 6.35. The van der Waals surface area contributed by atoms with Gasteiger partial charge in [-0.2, -0.15) is 4.31 Å². The molecule has 0 amide bonds. The zero-order valence-electron chi connectivity index (χ0n) is 11.6. The van der Waals surface area contributed by atoms with Gasteiger partial charge < -0.3 is 5.73 Å². The summed E-state index contributed by atoms with van der Waals surface area (Å²) in [6, 6.07) is 3.40. The van der Waals surface area contributed by atoms with Crippen molar-refractivity contribution in [3.05, 3.63) is 34.9 Å². The SMILES string of the molecule is CC1=CCN(S(=O)(=O)c2cc(C)c(C)cc2N)CC1. The lowest BCUT2D eigenvalue weighted by atomic mass is 10.1. The summed E-state index contributed by atoms with van der Waals surface area (Å²) < 4.78 is 26.7. The van der Waals surface area contributed by atoms with Gasteiger partial charge in [-0.05, 0) is 50.5 Å². The van der Waals surface area contributed by atoms with Crippen LogP contribution in [0.4, 0.5) is 5.69 Å². The molecular weight excluding hydrogens is 260 g/mol. The fourth-order valence-electron chi connectivity index (χ4n) is 2.14. The highest BCUT2D eigenvalue weighted by Crippen LogP contribution is 2.27. The maximum atomic E-state index is 12.6. The van der Waals surface area contributed by atoms with Gasteiger partial charge in [0.05, 0.1) is 5.69 Å². The van der Waals surface area contributed by atoms with Crippen LogP contribution in [0.25, 0.3) is 0 Å². The van der Waals surface area contributed by atoms with E-state index in [0.29, 0.717) is 18.8 Å². The molecule has 0 radical (unpaired) electrons. The van der Waals surface area contributed by atoms with E-state index in [1.54, 1.807) is 12.1 Å². The standard InChI is InChI=1S/C14H20N2O2S/c1-10-4-6-16(7-5-10)19(17,18)14-9-12(3)11(2)8-13(14)15/h4,8-9H,5-7,15H2,1-3H3. The largest absolute Gasteiger partial charge is 0.398 e. The molecule has 0 bridgehead atoms. The molecule has 0 saturated carbocycles. The van der Waals surface area contributed by atoms with Crippen molar-refractivity contribution in [2.75, 3.05) is 18.8 Å². The molecule has 0 spiro atoms. The topological polar surface area (TPSA) is 63.4 Å². The van der Waals surface area contributed by atoms with Gasteiger partial charge in [0.2, 0.25) is 10.0 Å². The molecule has 0 aromatic heterocycles. The van der Waals surface area contributed by atoms with Crippen LogP contribution in [0, 0.1) is 13.8 Å². The number of sulfonamides is 1. The Bertz CT molecular complexity index is 633. The van der Waals surface area contributed by atoms with Crippen LogP contribution in [0.15, 0.2) is 28.7 Å². The van der Waals surface area contributed by atoms with E-state index >= 15 is 0 Å². The normalized spacial score (nSPS) is 17.3. The number of benzene rings is 1. The minimum atomic E-state index is -3.49. The van der Waals surface area contributed by atoms with Gasteiger partial charge >= 0.3 is 0 Å². The minimum absolute atomic E-state index is 0.226. The van der Waals surface area contributed by atoms with Crippen molar-refractivity contribution >= 4 is 15.7 Å². The van der Waals surface area contributed by atoms with E-state index in [2.05, 4.69) is 0 Å². The van der Waals surface area contributed by atoms with Gasteiger partial charge in [-0.15, -0.1) is 0 Å². The Kier molecular flexibility index (Phi) is 3.69. The van der Waals surface area contributed by atoms with Crippen molar-refractivity contribution in [1.82, 2.24) is 4.31 Å². The highest BCUT2D eigenvalue weighted by Gasteiger charge is 2.27. The van der Waals surface area contributed by atoms with E-state index in [0.717, 1.165) is 17.5 Å². The molecule has 1 heterocycles. The highest BCUT2D eigenvalue weighted by molar-refractivity contribution is 7.89. The fourth-order valence-corrected chi connectivity index (χ4v) is 3.71. The van der Waals surface area contributed by atoms with Crippen LogP contribution in [0.1, 0.15) is 24.5 Å². The first-order valence-corrected chi connectivity index (χ1v) is 7.79. The first-order chi connectivity index (χ1) is 8.82. The van der Waals surface area contributed by atoms with Crippen LogP contribution in [-0.4, -0.2) is 25.8 Å². The molecule has 4 nitrogen and oxygen atoms in total. The zero-order valence-corrected chi connectivity index (χ0v) is 12.4. The lowest BCUT2D eigenvalue weighted by Gasteiger charge is -2.25. The van der Waals surface area contributed by atoms with Crippen LogP contribution in [0.5, 0.6) is 0 Å². The molecule has 2 rings (SSSR count). The Hall–Kier alpha value is -1.33. The third-order valence-electron chi connectivity index (χ3n) is 3.64. The Balaban J connectivity index is 2.43. The van der Waals surface area contributed by atoms with E-state index in [1.807, 2.05) is 26.8 Å². The maximum Gasteiger partial charge on any atom is 0.245 e. The summed E-state index contributed by atoms with van der Waals surface area (Å²) in [6.07, 6.45) is 2.74. The summed E-state index contributed by atoms with van der Waals surface area (Å²) in [4.78, 5) is 0.226. The third kappa shape index (κ3) is 2.67. The van der Waals surface area contributed by atoms with E-state index in [4.69, 9.17) is 5.73 Å². The minimum Gasteiger partial charge on any atom is -0.398 e. The molecule has 0 fully saturated rings. The molecule has 0 unspecified atom stereocenters. The Labute approximate surface area is 115 Å². The first kappa shape index (κ1) is 14.1. The fraction of sp³-hybridized carbons (Fsp3) is 0.429. The maximum absolute atomic E-state index is 12.6. The van der Waals surface area contributed by atoms with E-state index in [9.17, 15) is 8.42 Å². The molecule has 0 atom stereocenters. The molecule has 2 N–H and O–H groups in total. The summed E-state index contributed by atoms with van der Waals surface area (Å²) in [7, 11) is -3.49. The van der Waals surface area contributed by atoms with Crippen molar-refractivity contribution in [2.24, 2.45) is 0 Å². The second-order valence-electron chi connectivity index (χ2n) is 5.14. The number of rotatable bonds is 2. The second kappa shape index (κ2) is 4.98. The number of nitrogens with zero attached hydrogens (tertiary/aromatic N) is 1. The van der Waals surface area contributed by atoms with Gasteiger partial charge in [0.1, 0.15) is 4.90 Å². The summed E-state index contributed by atoms with van der Waals surface area (Å²) >= 11 is 0. The molecule has 1 aliphatic heterocycles. The smallest absolute Gasteiger partial charge is 0.245 e. The Morgan fingerprint density at radius 3 is 2.37 bits per heavy atom. The average molecular weight is 280 g/mol. The molecule has 1 aromatic rings. The number of hydrogen-bond acceptors (Lipinski definition) is 3. The summed E-state index contributed by atoms with van der Waals surface area (Å²) in [5.74, 6) is 0. The van der Waals surface area contributed by atoms with Gasteiger partial charge in [-0.25, -0.2) is 8.42 Å². The summed E-state index contributed by atoms with van der Waals surface area (Å²) in [6.45, 7) is 6.80. The highest BCUT2D eigenvalue weighted by atomic mass is 32.2. The van der Waals surface area contributed by atoms with Gasteiger partial charge in [-0.3, -0.25) is 0 Å². The van der Waals surface area contributed by atoms with Crippen molar-refractivity contribution in [3.8, 4) is 0 Å². The predicted octanol–water partition coefficient (Wildman–Crippen LogP) is 2.23. The van der Waals surface area contributed by atoms with Gasteiger partial charge in [0, 0.05) is 13.1 Å². The second-order valence-corrected chi connectivity index (χ2v) is 7.04. The van der Waals surface area contributed by atoms with Gasteiger partial charge in [-0.1, -0.05) is 11.6 Å². The molecule has 0 aliphatic carbocycles. The summed E-state index contributed by atoms with van der Waals surface area (Å²) in [5, 5.41) is 0. The van der Waals surface area contributed by atoms with E-state index < -0.39 is 10.0 Å². The van der Waals surface area contributed by atoms with E-state index in [1.165, 1.54) is 9.88 Å². The van der Waals surface area contributed by atoms with Crippen molar-refractivity contribution < 1.29 is 8.42 Å². The van der Waals surface area contributed by atoms with Crippen LogP contribution in [0.2, 0.25) is 0 Å². The molecule has 104 valence electrons. The average Bonchev–Trinajstić information content (AvgIpc) is 2.34. The van der Waals surface area contributed by atoms with Crippen molar-refractivity contribution in [1.29, 1.82) is 0 Å². The van der Waals surface area contributed by atoms with Crippen LogP contribution in [-0.2, 0) is 10.0 Å². The third-order valence-corrected chi connectivity index (χ3v) is 5.56. The van der Waals surface area contributed by atoms with Crippen LogP contribution < -0.4 is 5.73 Å². The quantitative estimate of drug-likeness (QED) is 0.667. The number of nitrogen functional groups attached to an aromatic ring is 1. The number of nitrogens with two attached hydrogens (primary N) is 1. The van der Waals surface area contributed by atoms with Crippen LogP contribution in [0.3, 0.4) is 0 Å². The lowest BCUT2D eigenvalue weighted by molar-refractivity contribution is 0.431. The number of hydrogen-bond donors (Lipinski definition) is 1. The van der Waals surface area contributed by atoms with Crippen molar-refractivity contribution in [3.63, 3.8) is 0 Å². The van der Waals surface area contributed by atoms with E-state index in [-0.39, 0.29) is 4.90 Å². The van der Waals surface area contributed by atoms with Crippen molar-refractivity contribution in [2.45, 2.75) is 32.1 Å². The van der Waals surface area contributed by atoms with Gasteiger partial charge in [0.15, 0.2) is 0 Å². The predicted molar refractivity (Wildman–Crippen MR) is 77.5 cm³/mol. The van der Waals surface area contributed by atoms with Crippen LogP contribution >= 0.6 is 0 Å². The molecular formula is C14H20N2O2S. The zero-order chi connectivity index (χ0) is 14.2. The summed E-state index contributed by atoms with van der Waals surface area (Å²) in [5.41, 5.74) is 9.40. The molecule has 5 heteroatoms. The molecule has 0 saturated heterocycles. The van der Waals surface area contributed by atoms with Gasteiger partial charge in [0.25, 0.3) is 0 Å². The monoisotopic (exact) mass is 280 g/mol. The number of aryl methyl sites for hydroxylation is 2. The number of anilines is 1. The Morgan fingerprint density at radius 1 is 1.16 bits per heavy atom. The molecule has 1 aliphatic rings.